The molecule has 1 aromatic rings. The Kier molecular flexibility index (Phi) is 6.26. The Bertz CT molecular complexity index is 723. The molecule has 7 nitrogen and oxygen atoms in total. The number of ether oxygens (including phenoxy) is 3. The van der Waals surface area contributed by atoms with Crippen molar-refractivity contribution in [3.8, 4) is 0 Å². The molecule has 1 saturated heterocycles. The number of carbonyl (C=O) groups is 1. The van der Waals surface area contributed by atoms with Crippen molar-refractivity contribution in [1.29, 1.82) is 0 Å². The summed E-state index contributed by atoms with van der Waals surface area (Å²) in [4.78, 5) is 12.7. The van der Waals surface area contributed by atoms with Crippen molar-refractivity contribution in [2.75, 3.05) is 20.3 Å². The van der Waals surface area contributed by atoms with E-state index in [4.69, 9.17) is 18.6 Å². The van der Waals surface area contributed by atoms with Crippen molar-refractivity contribution in [2.45, 2.75) is 71.0 Å². The van der Waals surface area contributed by atoms with Crippen LogP contribution in [0.25, 0.3) is 0 Å². The summed E-state index contributed by atoms with van der Waals surface area (Å²) >= 11 is 0. The van der Waals surface area contributed by atoms with Gasteiger partial charge in [0, 0.05) is 18.9 Å². The summed E-state index contributed by atoms with van der Waals surface area (Å²) in [6.45, 7) is 5.95. The van der Waals surface area contributed by atoms with Gasteiger partial charge in [0.25, 0.3) is 0 Å². The second kappa shape index (κ2) is 8.61. The standard InChI is InChI=1S/C23H35NO6/c1-22-9-8-19-23(2,14-29-21(30-19)13-27-3)18(22)7-6-17(25)16(22)11-20(26)24-12-15-5-4-10-28-15/h4-5,10,16-19,21,25H,6-9,11-14H2,1-3H3,(H,24,26)/t16-,17-,18+,19+,21-,22+,23+/m1/s1. The molecule has 1 amide bonds. The first-order valence-corrected chi connectivity index (χ1v) is 11.1. The molecule has 3 fully saturated rings. The minimum Gasteiger partial charge on any atom is -0.467 e. The van der Waals surface area contributed by atoms with Crippen LogP contribution in [0, 0.1) is 22.7 Å². The summed E-state index contributed by atoms with van der Waals surface area (Å²) in [5, 5.41) is 13.8. The van der Waals surface area contributed by atoms with E-state index in [2.05, 4.69) is 19.2 Å². The summed E-state index contributed by atoms with van der Waals surface area (Å²) in [7, 11) is 1.66. The van der Waals surface area contributed by atoms with E-state index in [1.54, 1.807) is 13.4 Å². The molecule has 0 bridgehead atoms. The Morgan fingerprint density at radius 2 is 2.13 bits per heavy atom. The average molecular weight is 422 g/mol. The van der Waals surface area contributed by atoms with Gasteiger partial charge in [-0.2, -0.15) is 0 Å². The maximum atomic E-state index is 12.7. The van der Waals surface area contributed by atoms with Gasteiger partial charge in [-0.05, 0) is 55.1 Å². The summed E-state index contributed by atoms with van der Waals surface area (Å²) in [6.07, 6.45) is 4.74. The van der Waals surface area contributed by atoms with Crippen molar-refractivity contribution in [3.05, 3.63) is 24.2 Å². The predicted octanol–water partition coefficient (Wildman–Crippen LogP) is 2.87. The quantitative estimate of drug-likeness (QED) is 0.734. The van der Waals surface area contributed by atoms with Crippen LogP contribution in [0.2, 0.25) is 0 Å². The fraction of sp³-hybridized carbons (Fsp3) is 0.783. The van der Waals surface area contributed by atoms with Crippen molar-refractivity contribution < 1.29 is 28.5 Å². The van der Waals surface area contributed by atoms with Crippen LogP contribution in [0.3, 0.4) is 0 Å². The molecule has 1 aliphatic heterocycles. The van der Waals surface area contributed by atoms with Gasteiger partial charge in [0.2, 0.25) is 5.91 Å². The lowest BCUT2D eigenvalue weighted by Gasteiger charge is -2.62. The average Bonchev–Trinajstić information content (AvgIpc) is 3.23. The first-order chi connectivity index (χ1) is 14.4. The fourth-order valence-corrected chi connectivity index (χ4v) is 6.38. The van der Waals surface area contributed by atoms with Gasteiger partial charge in [0.1, 0.15) is 5.76 Å². The lowest BCUT2D eigenvalue weighted by Crippen LogP contribution is -2.63. The molecule has 168 valence electrons. The van der Waals surface area contributed by atoms with Crippen LogP contribution in [0.4, 0.5) is 0 Å². The normalized spacial score (nSPS) is 41.0. The number of furan rings is 1. The second-order valence-corrected chi connectivity index (χ2v) is 9.73. The lowest BCUT2D eigenvalue weighted by atomic mass is 9.46. The maximum Gasteiger partial charge on any atom is 0.220 e. The molecule has 0 radical (unpaired) electrons. The largest absolute Gasteiger partial charge is 0.467 e. The van der Waals surface area contributed by atoms with E-state index in [0.29, 0.717) is 38.5 Å². The van der Waals surface area contributed by atoms with Crippen LogP contribution in [-0.2, 0) is 25.5 Å². The number of methoxy groups -OCH3 is 1. The molecule has 1 aromatic heterocycles. The molecule has 2 aliphatic carbocycles. The first kappa shape index (κ1) is 21.8. The molecule has 3 aliphatic rings. The molecule has 2 N–H and O–H groups in total. The zero-order valence-electron chi connectivity index (χ0n) is 18.3. The fourth-order valence-electron chi connectivity index (χ4n) is 6.38. The Morgan fingerprint density at radius 1 is 1.30 bits per heavy atom. The second-order valence-electron chi connectivity index (χ2n) is 9.73. The summed E-state index contributed by atoms with van der Waals surface area (Å²) in [5.41, 5.74) is -0.258. The Balaban J connectivity index is 1.46. The number of fused-ring (bicyclic) bond motifs is 3. The number of aliphatic hydroxyl groups is 1. The predicted molar refractivity (Wildman–Crippen MR) is 109 cm³/mol. The van der Waals surface area contributed by atoms with Gasteiger partial charge in [-0.1, -0.05) is 13.8 Å². The summed E-state index contributed by atoms with van der Waals surface area (Å²) in [6, 6.07) is 3.65. The smallest absolute Gasteiger partial charge is 0.220 e. The first-order valence-electron chi connectivity index (χ1n) is 11.1. The Morgan fingerprint density at radius 3 is 2.87 bits per heavy atom. The van der Waals surface area contributed by atoms with E-state index < -0.39 is 6.10 Å². The highest BCUT2D eigenvalue weighted by Crippen LogP contribution is 2.62. The molecule has 7 atom stereocenters. The number of amides is 1. The molecule has 2 heterocycles. The third-order valence-corrected chi connectivity index (χ3v) is 7.98. The third kappa shape index (κ3) is 3.93. The van der Waals surface area contributed by atoms with E-state index in [-0.39, 0.29) is 35.0 Å². The van der Waals surface area contributed by atoms with Crippen LogP contribution in [-0.4, -0.2) is 49.8 Å². The number of aliphatic hydroxyl groups excluding tert-OH is 1. The van der Waals surface area contributed by atoms with Crippen LogP contribution in [0.1, 0.15) is 51.7 Å². The molecule has 0 unspecified atom stereocenters. The molecule has 30 heavy (non-hydrogen) atoms. The van der Waals surface area contributed by atoms with E-state index in [0.717, 1.165) is 25.0 Å². The Hall–Kier alpha value is -1.41. The zero-order valence-corrected chi connectivity index (χ0v) is 18.3. The van der Waals surface area contributed by atoms with Gasteiger partial charge >= 0.3 is 0 Å². The van der Waals surface area contributed by atoms with Gasteiger partial charge in [-0.15, -0.1) is 0 Å². The summed E-state index contributed by atoms with van der Waals surface area (Å²) < 4.78 is 22.8. The van der Waals surface area contributed by atoms with Crippen molar-refractivity contribution in [1.82, 2.24) is 5.32 Å². The molecule has 4 rings (SSSR count). The topological polar surface area (TPSA) is 90.2 Å². The minimum atomic E-state index is -0.465. The number of rotatable bonds is 6. The minimum absolute atomic E-state index is 0.0408. The molecule has 0 aromatic carbocycles. The van der Waals surface area contributed by atoms with Crippen molar-refractivity contribution in [3.63, 3.8) is 0 Å². The van der Waals surface area contributed by atoms with Gasteiger partial charge in [0.15, 0.2) is 6.29 Å². The van der Waals surface area contributed by atoms with Crippen molar-refractivity contribution in [2.24, 2.45) is 22.7 Å². The third-order valence-electron chi connectivity index (χ3n) is 7.98. The summed E-state index contributed by atoms with van der Waals surface area (Å²) in [5.74, 6) is 0.938. The van der Waals surface area contributed by atoms with E-state index in [1.807, 2.05) is 12.1 Å². The van der Waals surface area contributed by atoms with Crippen LogP contribution >= 0.6 is 0 Å². The van der Waals surface area contributed by atoms with Crippen LogP contribution < -0.4 is 5.32 Å². The van der Waals surface area contributed by atoms with E-state index in [9.17, 15) is 9.90 Å². The number of carbonyl (C=O) groups excluding carboxylic acids is 1. The maximum absolute atomic E-state index is 12.7. The van der Waals surface area contributed by atoms with Crippen molar-refractivity contribution >= 4 is 5.91 Å². The number of nitrogens with one attached hydrogen (secondary N) is 1. The monoisotopic (exact) mass is 421 g/mol. The van der Waals surface area contributed by atoms with Gasteiger partial charge in [-0.3, -0.25) is 4.79 Å². The highest BCUT2D eigenvalue weighted by Gasteiger charge is 2.61. The highest BCUT2D eigenvalue weighted by atomic mass is 16.7. The van der Waals surface area contributed by atoms with Crippen LogP contribution in [0.5, 0.6) is 0 Å². The van der Waals surface area contributed by atoms with Gasteiger partial charge in [0.05, 0.1) is 38.2 Å². The molecular weight excluding hydrogens is 386 g/mol. The molecule has 2 saturated carbocycles. The highest BCUT2D eigenvalue weighted by molar-refractivity contribution is 5.76. The van der Waals surface area contributed by atoms with E-state index in [1.165, 1.54) is 0 Å². The van der Waals surface area contributed by atoms with Crippen LogP contribution in [0.15, 0.2) is 22.8 Å². The lowest BCUT2D eigenvalue weighted by molar-refractivity contribution is -0.315. The zero-order chi connectivity index (χ0) is 21.4. The van der Waals surface area contributed by atoms with Gasteiger partial charge in [-0.25, -0.2) is 0 Å². The molecular formula is C23H35NO6. The Labute approximate surface area is 178 Å². The SMILES string of the molecule is COC[C@@H]1OC[C@@]2(C)[C@H]3CC[C@@H](O)[C@@H](CC(=O)NCc4ccco4)[C@]3(C)CC[C@@H]2O1. The molecule has 7 heteroatoms. The molecule has 0 spiro atoms. The number of hydrogen-bond donors (Lipinski definition) is 2. The number of hydrogen-bond acceptors (Lipinski definition) is 6. The van der Waals surface area contributed by atoms with Gasteiger partial charge < -0.3 is 29.1 Å². The van der Waals surface area contributed by atoms with E-state index >= 15 is 0 Å².